The molecule has 136 valence electrons. The van der Waals surface area contributed by atoms with Crippen LogP contribution in [0.1, 0.15) is 110 Å². The van der Waals surface area contributed by atoms with Crippen LogP contribution in [-0.2, 0) is 9.63 Å². The van der Waals surface area contributed by atoms with Gasteiger partial charge in [0.05, 0.1) is 0 Å². The van der Waals surface area contributed by atoms with E-state index in [9.17, 15) is 4.79 Å². The molecule has 0 aliphatic heterocycles. The predicted molar refractivity (Wildman–Crippen MR) is 99.0 cm³/mol. The lowest BCUT2D eigenvalue weighted by atomic mass is 10.1. The van der Waals surface area contributed by atoms with E-state index in [1.807, 2.05) is 0 Å². The van der Waals surface area contributed by atoms with Crippen molar-refractivity contribution >= 4 is 5.97 Å². The Morgan fingerprint density at radius 3 is 1.65 bits per heavy atom. The molecular formula is C20H39NO2. The summed E-state index contributed by atoms with van der Waals surface area (Å²) in [6, 6.07) is 0. The van der Waals surface area contributed by atoms with Gasteiger partial charge in [-0.05, 0) is 32.1 Å². The maximum absolute atomic E-state index is 10.8. The molecule has 3 nitrogen and oxygen atoms in total. The molecule has 0 aromatic heterocycles. The molecule has 0 saturated heterocycles. The van der Waals surface area contributed by atoms with Crippen LogP contribution in [0.2, 0.25) is 0 Å². The molecule has 2 N–H and O–H groups in total. The van der Waals surface area contributed by atoms with Gasteiger partial charge in [0.15, 0.2) is 0 Å². The molecule has 0 aromatic rings. The molecule has 0 bridgehead atoms. The van der Waals surface area contributed by atoms with E-state index in [-0.39, 0.29) is 5.97 Å². The minimum absolute atomic E-state index is 0.294. The van der Waals surface area contributed by atoms with E-state index in [0.29, 0.717) is 6.42 Å². The molecule has 0 amide bonds. The summed E-state index contributed by atoms with van der Waals surface area (Å²) in [4.78, 5) is 15.0. The minimum Gasteiger partial charge on any atom is -0.373 e. The second-order valence-corrected chi connectivity index (χ2v) is 6.53. The normalized spacial score (nSPS) is 11.2. The fourth-order valence-corrected chi connectivity index (χ4v) is 2.75. The van der Waals surface area contributed by atoms with Crippen LogP contribution in [0.5, 0.6) is 0 Å². The maximum atomic E-state index is 10.8. The van der Waals surface area contributed by atoms with E-state index in [2.05, 4.69) is 23.9 Å². The third-order valence-electron chi connectivity index (χ3n) is 4.27. The predicted octanol–water partition coefficient (Wildman–Crippen LogP) is 6.22. The van der Waals surface area contributed by atoms with Gasteiger partial charge in [-0.25, -0.2) is 0 Å². The zero-order chi connectivity index (χ0) is 17.0. The maximum Gasteiger partial charge on any atom is 0.324 e. The molecule has 3 heteroatoms. The van der Waals surface area contributed by atoms with Crippen molar-refractivity contribution in [3.8, 4) is 0 Å². The summed E-state index contributed by atoms with van der Waals surface area (Å²) in [6.45, 7) is 2.27. The molecule has 0 fully saturated rings. The number of nitrogens with two attached hydrogens (primary N) is 1. The van der Waals surface area contributed by atoms with Crippen LogP contribution < -0.4 is 5.90 Å². The minimum atomic E-state index is -0.294. The standard InChI is InChI=1S/C20H39NO2/c1-2-3-4-5-6-7-8-9-10-11-12-13-14-15-16-17-18-19-20(22)23-21/h9-10H,2-8,11-19,21H2,1H3/b10-9-. The Morgan fingerprint density at radius 1 is 0.739 bits per heavy atom. The van der Waals surface area contributed by atoms with Crippen LogP contribution in [0, 0.1) is 0 Å². The Balaban J connectivity index is 3.09. The highest BCUT2D eigenvalue weighted by Gasteiger charge is 1.99. The number of rotatable bonds is 17. The van der Waals surface area contributed by atoms with E-state index >= 15 is 0 Å². The first-order valence-corrected chi connectivity index (χ1v) is 9.85. The quantitative estimate of drug-likeness (QED) is 0.196. The van der Waals surface area contributed by atoms with Gasteiger partial charge in [-0.15, -0.1) is 0 Å². The molecule has 0 saturated carbocycles. The Labute approximate surface area is 144 Å². The Morgan fingerprint density at radius 2 is 1.17 bits per heavy atom. The first-order valence-electron chi connectivity index (χ1n) is 9.85. The smallest absolute Gasteiger partial charge is 0.324 e. The first kappa shape index (κ1) is 22.2. The lowest BCUT2D eigenvalue weighted by molar-refractivity contribution is -0.144. The van der Waals surface area contributed by atoms with E-state index in [1.165, 1.54) is 83.5 Å². The second kappa shape index (κ2) is 19.2. The second-order valence-electron chi connectivity index (χ2n) is 6.53. The van der Waals surface area contributed by atoms with Crippen LogP contribution in [0.25, 0.3) is 0 Å². The zero-order valence-corrected chi connectivity index (χ0v) is 15.4. The summed E-state index contributed by atoms with van der Waals surface area (Å²) >= 11 is 0. The van der Waals surface area contributed by atoms with Crippen molar-refractivity contribution in [2.45, 2.75) is 110 Å². The van der Waals surface area contributed by atoms with Gasteiger partial charge >= 0.3 is 5.97 Å². The zero-order valence-electron chi connectivity index (χ0n) is 15.4. The Bertz CT molecular complexity index is 277. The summed E-state index contributed by atoms with van der Waals surface area (Å²) in [5.41, 5.74) is 0. The van der Waals surface area contributed by atoms with Crippen molar-refractivity contribution in [1.82, 2.24) is 0 Å². The monoisotopic (exact) mass is 325 g/mol. The van der Waals surface area contributed by atoms with E-state index < -0.39 is 0 Å². The molecule has 0 aliphatic rings. The van der Waals surface area contributed by atoms with E-state index in [1.54, 1.807) is 0 Å². The van der Waals surface area contributed by atoms with Crippen molar-refractivity contribution in [2.24, 2.45) is 5.90 Å². The fraction of sp³-hybridized carbons (Fsp3) is 0.850. The van der Waals surface area contributed by atoms with Gasteiger partial charge in [0.1, 0.15) is 0 Å². The van der Waals surface area contributed by atoms with Gasteiger partial charge in [-0.3, -0.25) is 4.79 Å². The summed E-state index contributed by atoms with van der Waals surface area (Å²) in [6.07, 6.45) is 24.5. The number of carbonyl (C=O) groups is 1. The Hall–Kier alpha value is -0.830. The number of hydrogen-bond donors (Lipinski definition) is 1. The molecule has 0 unspecified atom stereocenters. The number of carbonyl (C=O) groups excluding carboxylic acids is 1. The number of allylic oxidation sites excluding steroid dienone is 2. The molecule has 0 spiro atoms. The molecule has 0 heterocycles. The van der Waals surface area contributed by atoms with Crippen LogP contribution in [0.3, 0.4) is 0 Å². The lowest BCUT2D eigenvalue weighted by Gasteiger charge is -2.01. The van der Waals surface area contributed by atoms with Crippen molar-refractivity contribution < 1.29 is 9.63 Å². The van der Waals surface area contributed by atoms with Crippen LogP contribution >= 0.6 is 0 Å². The molecule has 0 radical (unpaired) electrons. The lowest BCUT2D eigenvalue weighted by Crippen LogP contribution is -2.08. The highest BCUT2D eigenvalue weighted by molar-refractivity contribution is 5.68. The van der Waals surface area contributed by atoms with Crippen LogP contribution in [0.4, 0.5) is 0 Å². The summed E-state index contributed by atoms with van der Waals surface area (Å²) in [5, 5.41) is 0. The van der Waals surface area contributed by atoms with Gasteiger partial charge in [-0.1, -0.05) is 83.3 Å². The molecule has 23 heavy (non-hydrogen) atoms. The number of hydrogen-bond acceptors (Lipinski definition) is 3. The van der Waals surface area contributed by atoms with Gasteiger partial charge in [0.25, 0.3) is 0 Å². The van der Waals surface area contributed by atoms with Gasteiger partial charge in [0, 0.05) is 6.42 Å². The van der Waals surface area contributed by atoms with Crippen LogP contribution in [0.15, 0.2) is 12.2 Å². The number of unbranched alkanes of at least 4 members (excludes halogenated alkanes) is 13. The topological polar surface area (TPSA) is 52.3 Å². The summed E-state index contributed by atoms with van der Waals surface area (Å²) in [7, 11) is 0. The van der Waals surface area contributed by atoms with Crippen LogP contribution in [-0.4, -0.2) is 5.97 Å². The van der Waals surface area contributed by atoms with E-state index in [4.69, 9.17) is 5.90 Å². The third-order valence-corrected chi connectivity index (χ3v) is 4.27. The largest absolute Gasteiger partial charge is 0.373 e. The van der Waals surface area contributed by atoms with Gasteiger partial charge < -0.3 is 4.84 Å². The van der Waals surface area contributed by atoms with E-state index in [0.717, 1.165) is 12.8 Å². The van der Waals surface area contributed by atoms with Crippen molar-refractivity contribution in [1.29, 1.82) is 0 Å². The molecule has 0 atom stereocenters. The van der Waals surface area contributed by atoms with Gasteiger partial charge in [-0.2, -0.15) is 5.90 Å². The highest BCUT2D eigenvalue weighted by Crippen LogP contribution is 2.11. The summed E-state index contributed by atoms with van der Waals surface area (Å²) < 4.78 is 0. The average Bonchev–Trinajstić information content (AvgIpc) is 2.57. The average molecular weight is 326 g/mol. The van der Waals surface area contributed by atoms with Crippen molar-refractivity contribution in [2.75, 3.05) is 0 Å². The SMILES string of the molecule is CCCCCCCC/C=C\CCCCCCCCCC(=O)ON. The summed E-state index contributed by atoms with van der Waals surface area (Å²) in [5.74, 6) is 4.49. The molecule has 0 aliphatic carbocycles. The molecule has 0 rings (SSSR count). The van der Waals surface area contributed by atoms with Crippen molar-refractivity contribution in [3.63, 3.8) is 0 Å². The Kier molecular flexibility index (Phi) is 18.5. The molecule has 0 aromatic carbocycles. The molecular weight excluding hydrogens is 286 g/mol. The van der Waals surface area contributed by atoms with Gasteiger partial charge in [0.2, 0.25) is 0 Å². The fourth-order valence-electron chi connectivity index (χ4n) is 2.75. The highest BCUT2D eigenvalue weighted by atomic mass is 16.7. The third kappa shape index (κ3) is 19.1. The van der Waals surface area contributed by atoms with Crippen molar-refractivity contribution in [3.05, 3.63) is 12.2 Å². The first-order chi connectivity index (χ1) is 11.3.